The van der Waals surface area contributed by atoms with Gasteiger partial charge in [-0.2, -0.15) is 10.2 Å². The Morgan fingerprint density at radius 1 is 1.20 bits per heavy atom. The fourth-order valence-corrected chi connectivity index (χ4v) is 5.55. The van der Waals surface area contributed by atoms with E-state index in [9.17, 15) is 9.90 Å². The molecule has 3 fully saturated rings. The van der Waals surface area contributed by atoms with Gasteiger partial charge in [-0.1, -0.05) is 20.8 Å². The number of likely N-dealkylation sites (tertiary alicyclic amines) is 1. The molecule has 35 heavy (non-hydrogen) atoms. The van der Waals surface area contributed by atoms with Crippen molar-refractivity contribution in [3.05, 3.63) is 24.2 Å². The van der Waals surface area contributed by atoms with Crippen LogP contribution in [0, 0.1) is 5.41 Å². The largest absolute Gasteiger partial charge is 0.386 e. The minimum atomic E-state index is -0.712. The molecule has 3 aliphatic rings. The normalized spacial score (nSPS) is 20.7. The molecule has 1 aliphatic heterocycles. The third-order valence-electron chi connectivity index (χ3n) is 8.18. The lowest BCUT2D eigenvalue weighted by molar-refractivity contribution is 0.0589. The van der Waals surface area contributed by atoms with Crippen molar-refractivity contribution >= 4 is 22.6 Å². The van der Waals surface area contributed by atoms with Crippen LogP contribution in [0.3, 0.4) is 0 Å². The predicted octanol–water partition coefficient (Wildman–Crippen LogP) is 5.18. The number of carbonyl (C=O) groups is 1. The van der Waals surface area contributed by atoms with Crippen LogP contribution in [0.5, 0.6) is 0 Å². The van der Waals surface area contributed by atoms with Crippen LogP contribution in [-0.4, -0.2) is 53.1 Å². The van der Waals surface area contributed by atoms with E-state index < -0.39 is 6.10 Å². The average molecular weight is 478 g/mol. The number of nitrogens with one attached hydrogen (secondary N) is 2. The van der Waals surface area contributed by atoms with Crippen LogP contribution < -0.4 is 5.32 Å². The summed E-state index contributed by atoms with van der Waals surface area (Å²) in [4.78, 5) is 19.9. The Balaban J connectivity index is 1.35. The Hall–Kier alpha value is -2.94. The minimum absolute atomic E-state index is 0.0624. The Bertz CT molecular complexity index is 1260. The van der Waals surface area contributed by atoms with E-state index in [2.05, 4.69) is 15.5 Å². The standard InChI is InChI=1S/C26H35N7O2/c1-25(2,3)23(34)21-17-13-18(27-15-20(17)33(31-21)16-7-6-8-16)22-19(14-28-30-22)29-24(35)32-12-5-4-9-26(32)10-11-26/h13-16,23,34H,4-12H2,1-3H3,(H,28,30)(H,29,35). The lowest BCUT2D eigenvalue weighted by Crippen LogP contribution is -2.47. The number of H-pyrrole nitrogens is 1. The van der Waals surface area contributed by atoms with Crippen molar-refractivity contribution in [2.45, 2.75) is 89.8 Å². The molecule has 3 N–H and O–H groups in total. The maximum absolute atomic E-state index is 13.2. The molecule has 1 unspecified atom stereocenters. The highest BCUT2D eigenvalue weighted by molar-refractivity contribution is 5.95. The molecule has 2 aliphatic carbocycles. The molecule has 0 bridgehead atoms. The van der Waals surface area contributed by atoms with Gasteiger partial charge < -0.3 is 15.3 Å². The zero-order valence-electron chi connectivity index (χ0n) is 20.8. The number of pyridine rings is 1. The van der Waals surface area contributed by atoms with Gasteiger partial charge >= 0.3 is 6.03 Å². The summed E-state index contributed by atoms with van der Waals surface area (Å²) in [5.41, 5.74) is 3.28. The summed E-state index contributed by atoms with van der Waals surface area (Å²) < 4.78 is 2.04. The second-order valence-corrected chi connectivity index (χ2v) is 11.7. The minimum Gasteiger partial charge on any atom is -0.386 e. The average Bonchev–Trinajstić information content (AvgIpc) is 3.24. The quantitative estimate of drug-likeness (QED) is 0.480. The Labute approximate surface area is 205 Å². The summed E-state index contributed by atoms with van der Waals surface area (Å²) in [6.45, 7) is 6.86. The second kappa shape index (κ2) is 8.05. The van der Waals surface area contributed by atoms with Gasteiger partial charge in [0.1, 0.15) is 11.8 Å². The number of fused-ring (bicyclic) bond motifs is 1. The van der Waals surface area contributed by atoms with Gasteiger partial charge in [0.05, 0.1) is 41.0 Å². The molecule has 0 aromatic carbocycles. The zero-order chi connectivity index (χ0) is 24.4. The van der Waals surface area contributed by atoms with Crippen molar-refractivity contribution in [2.75, 3.05) is 11.9 Å². The summed E-state index contributed by atoms with van der Waals surface area (Å²) in [7, 11) is 0. The number of anilines is 1. The van der Waals surface area contributed by atoms with Crippen molar-refractivity contribution in [1.82, 2.24) is 29.9 Å². The van der Waals surface area contributed by atoms with Crippen molar-refractivity contribution in [1.29, 1.82) is 0 Å². The lowest BCUT2D eigenvalue weighted by atomic mass is 9.86. The van der Waals surface area contributed by atoms with E-state index in [0.29, 0.717) is 28.8 Å². The Morgan fingerprint density at radius 2 is 2.00 bits per heavy atom. The van der Waals surface area contributed by atoms with Crippen LogP contribution in [-0.2, 0) is 0 Å². The molecule has 9 heteroatoms. The zero-order valence-corrected chi connectivity index (χ0v) is 20.8. The number of piperidine rings is 1. The molecule has 2 amide bonds. The molecule has 4 heterocycles. The fourth-order valence-electron chi connectivity index (χ4n) is 5.55. The number of rotatable bonds is 4. The van der Waals surface area contributed by atoms with Gasteiger partial charge in [0.15, 0.2) is 0 Å². The van der Waals surface area contributed by atoms with Crippen LogP contribution in [0.15, 0.2) is 18.5 Å². The topological polar surface area (TPSA) is 112 Å². The number of aliphatic hydroxyl groups excluding tert-OH is 1. The first-order valence-corrected chi connectivity index (χ1v) is 13.0. The molecular formula is C26H35N7O2. The van der Waals surface area contributed by atoms with Crippen LogP contribution in [0.2, 0.25) is 0 Å². The van der Waals surface area contributed by atoms with Gasteiger partial charge in [-0.05, 0) is 62.8 Å². The number of urea groups is 1. The van der Waals surface area contributed by atoms with E-state index in [-0.39, 0.29) is 17.0 Å². The lowest BCUT2D eigenvalue weighted by Gasteiger charge is -2.36. The molecule has 6 rings (SSSR count). The van der Waals surface area contributed by atoms with Gasteiger partial charge in [0, 0.05) is 17.5 Å². The maximum Gasteiger partial charge on any atom is 0.322 e. The van der Waals surface area contributed by atoms with E-state index in [1.54, 1.807) is 6.20 Å². The van der Waals surface area contributed by atoms with E-state index in [0.717, 1.165) is 56.0 Å². The van der Waals surface area contributed by atoms with Crippen molar-refractivity contribution < 1.29 is 9.90 Å². The third kappa shape index (κ3) is 3.80. The van der Waals surface area contributed by atoms with Crippen LogP contribution in [0.25, 0.3) is 22.3 Å². The summed E-state index contributed by atoms with van der Waals surface area (Å²) in [5.74, 6) is 0. The molecule has 3 aromatic heterocycles. The molecule has 186 valence electrons. The fraction of sp³-hybridized carbons (Fsp3) is 0.615. The highest BCUT2D eigenvalue weighted by Gasteiger charge is 2.51. The summed E-state index contributed by atoms with van der Waals surface area (Å²) in [6.07, 6.45) is 11.7. The first-order valence-electron chi connectivity index (χ1n) is 13.0. The van der Waals surface area contributed by atoms with Gasteiger partial charge in [0.2, 0.25) is 0 Å². The number of amides is 2. The van der Waals surface area contributed by atoms with E-state index in [1.165, 1.54) is 12.8 Å². The number of carbonyl (C=O) groups excluding carboxylic acids is 1. The number of hydrogen-bond donors (Lipinski definition) is 3. The van der Waals surface area contributed by atoms with Crippen LogP contribution in [0.4, 0.5) is 10.5 Å². The molecular weight excluding hydrogens is 442 g/mol. The molecule has 1 saturated heterocycles. The number of aliphatic hydroxyl groups is 1. The van der Waals surface area contributed by atoms with Gasteiger partial charge in [-0.25, -0.2) is 4.79 Å². The van der Waals surface area contributed by atoms with Gasteiger partial charge in [-0.3, -0.25) is 14.8 Å². The monoisotopic (exact) mass is 477 g/mol. The molecule has 9 nitrogen and oxygen atoms in total. The molecule has 3 aromatic rings. The van der Waals surface area contributed by atoms with E-state index in [4.69, 9.17) is 10.1 Å². The van der Waals surface area contributed by atoms with Gasteiger partial charge in [0.25, 0.3) is 0 Å². The van der Waals surface area contributed by atoms with Crippen molar-refractivity contribution in [2.24, 2.45) is 5.41 Å². The van der Waals surface area contributed by atoms with Crippen LogP contribution in [0.1, 0.15) is 90.0 Å². The number of hydrogen-bond acceptors (Lipinski definition) is 5. The molecule has 1 atom stereocenters. The first kappa shape index (κ1) is 22.5. The molecule has 2 saturated carbocycles. The van der Waals surface area contributed by atoms with Crippen LogP contribution >= 0.6 is 0 Å². The van der Waals surface area contributed by atoms with Crippen molar-refractivity contribution in [3.8, 4) is 11.4 Å². The van der Waals surface area contributed by atoms with E-state index in [1.807, 2.05) is 42.6 Å². The molecule has 0 radical (unpaired) electrons. The Kier molecular flexibility index (Phi) is 5.18. The highest BCUT2D eigenvalue weighted by Crippen LogP contribution is 2.48. The highest BCUT2D eigenvalue weighted by atomic mass is 16.3. The summed E-state index contributed by atoms with van der Waals surface area (Å²) >= 11 is 0. The predicted molar refractivity (Wildman–Crippen MR) is 134 cm³/mol. The number of aromatic amines is 1. The smallest absolute Gasteiger partial charge is 0.322 e. The second-order valence-electron chi connectivity index (χ2n) is 11.7. The molecule has 1 spiro atoms. The third-order valence-corrected chi connectivity index (χ3v) is 8.18. The maximum atomic E-state index is 13.2. The summed E-state index contributed by atoms with van der Waals surface area (Å²) in [5, 5.41) is 27.3. The Morgan fingerprint density at radius 3 is 2.69 bits per heavy atom. The van der Waals surface area contributed by atoms with Crippen molar-refractivity contribution in [3.63, 3.8) is 0 Å². The SMILES string of the molecule is CC(C)(C)C(O)c1nn(C2CCC2)c2cnc(-c3[nH]ncc3NC(=O)N3CCCCC34CC4)cc12. The summed E-state index contributed by atoms with van der Waals surface area (Å²) in [6, 6.07) is 2.26. The number of nitrogens with zero attached hydrogens (tertiary/aromatic N) is 5. The first-order chi connectivity index (χ1) is 16.8. The van der Waals surface area contributed by atoms with E-state index >= 15 is 0 Å². The van der Waals surface area contributed by atoms with Gasteiger partial charge in [-0.15, -0.1) is 0 Å². The number of aromatic nitrogens is 5.